The van der Waals surface area contributed by atoms with E-state index in [0.29, 0.717) is 19.1 Å². The lowest BCUT2D eigenvalue weighted by atomic mass is 10.1. The Balaban J connectivity index is 1.80. The number of benzene rings is 1. The van der Waals surface area contributed by atoms with Crippen LogP contribution in [0.2, 0.25) is 0 Å². The van der Waals surface area contributed by atoms with E-state index < -0.39 is 10.0 Å². The van der Waals surface area contributed by atoms with Gasteiger partial charge in [-0.15, -0.1) is 0 Å². The summed E-state index contributed by atoms with van der Waals surface area (Å²) in [5, 5.41) is 8.67. The fourth-order valence-electron chi connectivity index (χ4n) is 2.65. The van der Waals surface area contributed by atoms with Crippen LogP contribution in [0.15, 0.2) is 24.3 Å². The smallest absolute Gasteiger partial charge is 0.211 e. The molecule has 0 bridgehead atoms. The molecule has 0 aromatic heterocycles. The maximum Gasteiger partial charge on any atom is 0.211 e. The Morgan fingerprint density at radius 1 is 1.27 bits per heavy atom. The molecule has 1 aliphatic carbocycles. The molecule has 0 atom stereocenters. The van der Waals surface area contributed by atoms with Crippen molar-refractivity contribution in [3.8, 4) is 5.75 Å². The Bertz CT molecular complexity index is 553. The summed E-state index contributed by atoms with van der Waals surface area (Å²) in [7, 11) is -3.28. The predicted molar refractivity (Wildman–Crippen MR) is 86.5 cm³/mol. The number of hydrogen-bond donors (Lipinski definition) is 2. The first kappa shape index (κ1) is 17.2. The fourth-order valence-corrected chi connectivity index (χ4v) is 3.72. The maximum absolute atomic E-state index is 11.6. The molecule has 2 N–H and O–H groups in total. The summed E-state index contributed by atoms with van der Waals surface area (Å²) in [4.78, 5) is 0. The quantitative estimate of drug-likeness (QED) is 0.726. The first-order valence-corrected chi connectivity index (χ1v) is 9.58. The van der Waals surface area contributed by atoms with Gasteiger partial charge in [0.2, 0.25) is 10.0 Å². The van der Waals surface area contributed by atoms with E-state index in [-0.39, 0.29) is 18.8 Å². The lowest BCUT2D eigenvalue weighted by Gasteiger charge is -2.14. The molecule has 5 nitrogen and oxygen atoms in total. The van der Waals surface area contributed by atoms with Gasteiger partial charge in [0.15, 0.2) is 0 Å². The van der Waals surface area contributed by atoms with Crippen LogP contribution in [-0.2, 0) is 16.4 Å². The SMILES string of the molecule is O=S(=O)(CCCO)NCCc1cccc(OC2CCCC2)c1. The van der Waals surface area contributed by atoms with Crippen molar-refractivity contribution in [1.82, 2.24) is 4.72 Å². The van der Waals surface area contributed by atoms with Crippen molar-refractivity contribution >= 4 is 10.0 Å². The van der Waals surface area contributed by atoms with Gasteiger partial charge in [-0.25, -0.2) is 13.1 Å². The third-order valence-corrected chi connectivity index (χ3v) is 5.28. The lowest BCUT2D eigenvalue weighted by molar-refractivity contribution is 0.210. The van der Waals surface area contributed by atoms with Crippen molar-refractivity contribution < 1.29 is 18.3 Å². The number of aliphatic hydroxyl groups excluding tert-OH is 1. The van der Waals surface area contributed by atoms with Crippen molar-refractivity contribution in [2.24, 2.45) is 0 Å². The summed E-state index contributed by atoms with van der Waals surface area (Å²) in [6.07, 6.45) is 5.93. The van der Waals surface area contributed by atoms with Crippen molar-refractivity contribution in [2.45, 2.75) is 44.6 Å². The van der Waals surface area contributed by atoms with E-state index in [9.17, 15) is 8.42 Å². The molecular weight excluding hydrogens is 302 g/mol. The molecule has 0 radical (unpaired) electrons. The molecule has 0 saturated heterocycles. The van der Waals surface area contributed by atoms with Crippen LogP contribution in [0.3, 0.4) is 0 Å². The van der Waals surface area contributed by atoms with Crippen LogP contribution in [0.4, 0.5) is 0 Å². The minimum atomic E-state index is -3.28. The van der Waals surface area contributed by atoms with Gasteiger partial charge in [0, 0.05) is 13.2 Å². The average molecular weight is 327 g/mol. The van der Waals surface area contributed by atoms with E-state index in [0.717, 1.165) is 24.2 Å². The second-order valence-electron chi connectivity index (χ2n) is 5.71. The minimum Gasteiger partial charge on any atom is -0.490 e. The van der Waals surface area contributed by atoms with Crippen LogP contribution in [0, 0.1) is 0 Å². The molecule has 124 valence electrons. The third-order valence-electron chi connectivity index (χ3n) is 3.81. The number of aliphatic hydroxyl groups is 1. The second-order valence-corrected chi connectivity index (χ2v) is 7.64. The average Bonchev–Trinajstić information content (AvgIpc) is 2.98. The Hall–Kier alpha value is -1.11. The summed E-state index contributed by atoms with van der Waals surface area (Å²) in [5.41, 5.74) is 1.06. The summed E-state index contributed by atoms with van der Waals surface area (Å²) in [6, 6.07) is 7.86. The predicted octanol–water partition coefficient (Wildman–Crippen LogP) is 1.85. The van der Waals surface area contributed by atoms with Crippen molar-refractivity contribution in [1.29, 1.82) is 0 Å². The van der Waals surface area contributed by atoms with E-state index in [1.54, 1.807) is 0 Å². The normalized spacial score (nSPS) is 16.0. The number of nitrogens with one attached hydrogen (secondary N) is 1. The van der Waals surface area contributed by atoms with Gasteiger partial charge >= 0.3 is 0 Å². The molecule has 22 heavy (non-hydrogen) atoms. The Kier molecular flexibility index (Phi) is 6.67. The van der Waals surface area contributed by atoms with Crippen molar-refractivity contribution in [3.63, 3.8) is 0 Å². The van der Waals surface area contributed by atoms with E-state index in [1.165, 1.54) is 12.8 Å². The van der Waals surface area contributed by atoms with Gasteiger partial charge in [0.05, 0.1) is 11.9 Å². The third kappa shape index (κ3) is 5.94. The molecule has 0 aliphatic heterocycles. The molecule has 0 spiro atoms. The van der Waals surface area contributed by atoms with Gasteiger partial charge in [-0.2, -0.15) is 0 Å². The maximum atomic E-state index is 11.6. The van der Waals surface area contributed by atoms with E-state index in [1.807, 2.05) is 24.3 Å². The van der Waals surface area contributed by atoms with E-state index >= 15 is 0 Å². The van der Waals surface area contributed by atoms with Crippen molar-refractivity contribution in [3.05, 3.63) is 29.8 Å². The standard InChI is InChI=1S/C16H25NO4S/c18-11-4-12-22(19,20)17-10-9-14-5-3-8-16(13-14)21-15-6-1-2-7-15/h3,5,8,13,15,17-18H,1-2,4,6-7,9-12H2. The molecule has 0 amide bonds. The Morgan fingerprint density at radius 3 is 2.77 bits per heavy atom. The largest absolute Gasteiger partial charge is 0.490 e. The molecule has 2 rings (SSSR count). The summed E-state index contributed by atoms with van der Waals surface area (Å²) in [6.45, 7) is 0.252. The van der Waals surface area contributed by atoms with Gasteiger partial charge in [-0.1, -0.05) is 12.1 Å². The molecule has 6 heteroatoms. The van der Waals surface area contributed by atoms with Crippen LogP contribution >= 0.6 is 0 Å². The number of rotatable bonds is 9. The van der Waals surface area contributed by atoms with Crippen LogP contribution in [0.5, 0.6) is 5.75 Å². The van der Waals surface area contributed by atoms with E-state index in [2.05, 4.69) is 4.72 Å². The molecule has 1 aromatic rings. The molecule has 0 unspecified atom stereocenters. The van der Waals surface area contributed by atoms with Gasteiger partial charge in [0.25, 0.3) is 0 Å². The highest BCUT2D eigenvalue weighted by molar-refractivity contribution is 7.89. The highest BCUT2D eigenvalue weighted by Gasteiger charge is 2.16. The number of sulfonamides is 1. The molecular formula is C16H25NO4S. The molecule has 1 aliphatic rings. The Morgan fingerprint density at radius 2 is 2.05 bits per heavy atom. The molecule has 1 aromatic carbocycles. The number of hydrogen-bond acceptors (Lipinski definition) is 4. The Labute approximate surface area is 132 Å². The zero-order chi connectivity index (χ0) is 15.8. The van der Waals surface area contributed by atoms with Crippen LogP contribution in [0.25, 0.3) is 0 Å². The lowest BCUT2D eigenvalue weighted by Crippen LogP contribution is -2.28. The fraction of sp³-hybridized carbons (Fsp3) is 0.625. The van der Waals surface area contributed by atoms with Gasteiger partial charge < -0.3 is 9.84 Å². The summed E-state index contributed by atoms with van der Waals surface area (Å²) < 4.78 is 31.8. The monoisotopic (exact) mass is 327 g/mol. The summed E-state index contributed by atoms with van der Waals surface area (Å²) in [5.74, 6) is 0.835. The molecule has 1 saturated carbocycles. The minimum absolute atomic E-state index is 0.0334. The van der Waals surface area contributed by atoms with Gasteiger partial charge in [0.1, 0.15) is 5.75 Å². The van der Waals surface area contributed by atoms with Gasteiger partial charge in [-0.05, 0) is 56.2 Å². The summed E-state index contributed by atoms with van der Waals surface area (Å²) >= 11 is 0. The topological polar surface area (TPSA) is 75.6 Å². The van der Waals surface area contributed by atoms with Crippen molar-refractivity contribution in [2.75, 3.05) is 18.9 Å². The first-order chi connectivity index (χ1) is 10.6. The second kappa shape index (κ2) is 8.50. The highest BCUT2D eigenvalue weighted by atomic mass is 32.2. The molecule has 1 fully saturated rings. The zero-order valence-corrected chi connectivity index (χ0v) is 13.6. The van der Waals surface area contributed by atoms with Crippen LogP contribution in [0.1, 0.15) is 37.7 Å². The first-order valence-electron chi connectivity index (χ1n) is 7.93. The highest BCUT2D eigenvalue weighted by Crippen LogP contribution is 2.24. The molecule has 0 heterocycles. The van der Waals surface area contributed by atoms with E-state index in [4.69, 9.17) is 9.84 Å². The van der Waals surface area contributed by atoms with Crippen LogP contribution in [-0.4, -0.2) is 38.5 Å². The van der Waals surface area contributed by atoms with Gasteiger partial charge in [-0.3, -0.25) is 0 Å². The number of ether oxygens (including phenoxy) is 1. The van der Waals surface area contributed by atoms with Crippen LogP contribution < -0.4 is 9.46 Å². The zero-order valence-electron chi connectivity index (χ0n) is 12.8.